The summed E-state index contributed by atoms with van der Waals surface area (Å²) in [5, 5.41) is 0. The highest BCUT2D eigenvalue weighted by atomic mass is 28.4. The molecule has 0 spiro atoms. The number of hydrogen-bond acceptors (Lipinski definition) is 5. The first-order valence-electron chi connectivity index (χ1n) is 7.89. The average molecular weight is 333 g/mol. The molecule has 5 nitrogen and oxygen atoms in total. The minimum absolute atomic E-state index is 0.359. The summed E-state index contributed by atoms with van der Waals surface area (Å²) in [5.74, 6) is 1.98. The minimum atomic E-state index is -2.17. The molecule has 0 unspecified atom stereocenters. The van der Waals surface area contributed by atoms with Crippen molar-refractivity contribution in [2.24, 2.45) is 11.8 Å². The largest absolute Gasteiger partial charge is 0.496 e. The van der Waals surface area contributed by atoms with E-state index < -0.39 is 8.80 Å². The predicted octanol–water partition coefficient (Wildman–Crippen LogP) is 3.43. The van der Waals surface area contributed by atoms with E-state index in [0.29, 0.717) is 6.61 Å². The van der Waals surface area contributed by atoms with E-state index in [1.54, 1.807) is 60.4 Å². The van der Waals surface area contributed by atoms with E-state index in [-0.39, 0.29) is 5.97 Å². The highest BCUT2D eigenvalue weighted by molar-refractivity contribution is 6.58. The summed E-state index contributed by atoms with van der Waals surface area (Å²) in [6.07, 6.45) is 8.97. The van der Waals surface area contributed by atoms with E-state index in [0.717, 1.165) is 6.08 Å². The summed E-state index contributed by atoms with van der Waals surface area (Å²) in [7, 11) is 2.58. The minimum Gasteiger partial charge on any atom is -0.463 e. The van der Waals surface area contributed by atoms with Crippen LogP contribution in [0.3, 0.4) is 0 Å². The molecule has 0 aromatic rings. The molecule has 0 saturated heterocycles. The van der Waals surface area contributed by atoms with Crippen LogP contribution in [-0.4, -0.2) is 42.7 Å². The van der Waals surface area contributed by atoms with E-state index in [1.165, 1.54) is 11.8 Å². The lowest BCUT2D eigenvalue weighted by Crippen LogP contribution is -2.38. The van der Waals surface area contributed by atoms with Gasteiger partial charge < -0.3 is 18.0 Å². The maximum atomic E-state index is 10.1. The smallest absolute Gasteiger partial charge is 0.463 e. The number of fused-ring (bicyclic) bond motifs is 2. The molecule has 2 saturated carbocycles. The first-order valence-corrected chi connectivity index (χ1v) is 10.1. The van der Waals surface area contributed by atoms with Crippen molar-refractivity contribution in [1.82, 2.24) is 0 Å². The molecule has 0 aliphatic heterocycles. The van der Waals surface area contributed by atoms with Crippen molar-refractivity contribution in [3.8, 4) is 0 Å². The van der Waals surface area contributed by atoms with Gasteiger partial charge in [0.15, 0.2) is 0 Å². The molecule has 0 N–H and O–H groups in total. The molecule has 22 heavy (non-hydrogen) atoms. The van der Waals surface area contributed by atoms with Crippen molar-refractivity contribution < 1.29 is 22.8 Å². The van der Waals surface area contributed by atoms with Gasteiger partial charge >= 0.3 is 14.8 Å². The highest BCUT2D eigenvalue weighted by Crippen LogP contribution is 2.43. The van der Waals surface area contributed by atoms with Crippen molar-refractivity contribution in [3.05, 3.63) is 12.7 Å². The van der Waals surface area contributed by atoms with Crippen molar-refractivity contribution in [3.63, 3.8) is 0 Å². The quantitative estimate of drug-likeness (QED) is 0.438. The zero-order valence-electron chi connectivity index (χ0n) is 14.7. The normalized spacial score (nSPS) is 22.0. The summed E-state index contributed by atoms with van der Waals surface area (Å²) >= 11 is 0. The second-order valence-corrected chi connectivity index (χ2v) is 8.50. The fourth-order valence-corrected chi connectivity index (χ4v) is 3.13. The Hall–Kier alpha value is -0.693. The van der Waals surface area contributed by atoms with E-state index in [1.807, 2.05) is 6.55 Å². The number of hydrogen-bond donors (Lipinski definition) is 0. The van der Waals surface area contributed by atoms with Crippen LogP contribution in [0, 0.1) is 11.8 Å². The Bertz CT molecular complexity index is 291. The van der Waals surface area contributed by atoms with Crippen LogP contribution < -0.4 is 0 Å². The first-order chi connectivity index (χ1) is 10.4. The number of rotatable bonds is 5. The lowest BCUT2D eigenvalue weighted by molar-refractivity contribution is -0.137. The van der Waals surface area contributed by atoms with Gasteiger partial charge in [-0.2, -0.15) is 0 Å². The third kappa shape index (κ3) is 8.68. The Morgan fingerprint density at radius 3 is 1.59 bits per heavy atom. The van der Waals surface area contributed by atoms with E-state index in [4.69, 9.17) is 13.3 Å². The second-order valence-electron chi connectivity index (χ2n) is 5.55. The monoisotopic (exact) mass is 332 g/mol. The first kappa shape index (κ1) is 21.3. The predicted molar refractivity (Wildman–Crippen MR) is 89.5 cm³/mol. The van der Waals surface area contributed by atoms with Crippen LogP contribution in [0.1, 0.15) is 39.0 Å². The Balaban J connectivity index is 0.000000301. The maximum Gasteiger partial charge on any atom is 0.496 e. The summed E-state index contributed by atoms with van der Waals surface area (Å²) < 4.78 is 19.2. The van der Waals surface area contributed by atoms with E-state index in [9.17, 15) is 4.79 Å². The van der Waals surface area contributed by atoms with Gasteiger partial charge in [0.25, 0.3) is 0 Å². The van der Waals surface area contributed by atoms with Gasteiger partial charge in [0.05, 0.1) is 6.61 Å². The molecule has 2 aliphatic rings. The van der Waals surface area contributed by atoms with Crippen LogP contribution in [0.15, 0.2) is 12.7 Å². The second kappa shape index (κ2) is 11.8. The molecule has 0 amide bonds. The average Bonchev–Trinajstić information content (AvgIpc) is 3.21. The number of ether oxygens (including phenoxy) is 1. The van der Waals surface area contributed by atoms with Gasteiger partial charge in [0.2, 0.25) is 0 Å². The molecule has 0 aromatic heterocycles. The fraction of sp³-hybridized carbons (Fsp3) is 0.812. The summed E-state index contributed by atoms with van der Waals surface area (Å²) in [6, 6.07) is 0. The lowest BCUT2D eigenvalue weighted by atomic mass is 10.0. The molecule has 6 heteroatoms. The molecule has 0 radical (unpaired) electrons. The number of carbonyl (C=O) groups excluding carboxylic acids is 1. The van der Waals surface area contributed by atoms with Gasteiger partial charge in [-0.3, -0.25) is 0 Å². The topological polar surface area (TPSA) is 54.0 Å². The van der Waals surface area contributed by atoms with Crippen LogP contribution >= 0.6 is 0 Å². The maximum absolute atomic E-state index is 10.1. The molecule has 0 atom stereocenters. The van der Waals surface area contributed by atoms with Crippen molar-refractivity contribution in [2.75, 3.05) is 27.9 Å². The molecule has 0 heterocycles. The summed E-state index contributed by atoms with van der Waals surface area (Å²) in [5.41, 5.74) is 0. The Kier molecular flexibility index (Phi) is 11.4. The molecule has 130 valence electrons. The molecule has 2 fully saturated rings. The Morgan fingerprint density at radius 2 is 1.50 bits per heavy atom. The van der Waals surface area contributed by atoms with Crippen LogP contribution in [0.25, 0.3) is 0 Å². The molecule has 2 aliphatic carbocycles. The molecule has 2 bridgehead atoms. The van der Waals surface area contributed by atoms with E-state index >= 15 is 0 Å². The van der Waals surface area contributed by atoms with Crippen molar-refractivity contribution in [1.29, 1.82) is 0 Å². The van der Waals surface area contributed by atoms with Crippen molar-refractivity contribution in [2.45, 2.75) is 45.6 Å². The van der Waals surface area contributed by atoms with Crippen LogP contribution in [0.2, 0.25) is 6.55 Å². The van der Waals surface area contributed by atoms with Crippen LogP contribution in [0.4, 0.5) is 0 Å². The number of carbonyl (C=O) groups is 1. The van der Waals surface area contributed by atoms with Crippen molar-refractivity contribution >= 4 is 14.8 Å². The van der Waals surface area contributed by atoms with Gasteiger partial charge in [0.1, 0.15) is 0 Å². The third-order valence-electron chi connectivity index (χ3n) is 4.20. The van der Waals surface area contributed by atoms with E-state index in [2.05, 4.69) is 11.3 Å². The number of esters is 1. The standard InChI is InChI=1S/C7H12.C5H8O2.C4H12O3Si/c1-2-7-4-3-6(1)5-7;1-3-5(6)7-4-2;1-5-8(4,6-2)7-3/h6-7H,1-5H2;3H,1,4H2,2H3;1-4H3. The molecule has 2 rings (SSSR count). The highest BCUT2D eigenvalue weighted by Gasteiger charge is 2.30. The molecule has 0 aromatic carbocycles. The zero-order chi connectivity index (χ0) is 17.0. The Morgan fingerprint density at radius 1 is 1.09 bits per heavy atom. The summed E-state index contributed by atoms with van der Waals surface area (Å²) in [4.78, 5) is 10.1. The van der Waals surface area contributed by atoms with Crippen LogP contribution in [0.5, 0.6) is 0 Å². The van der Waals surface area contributed by atoms with Gasteiger partial charge in [0, 0.05) is 34.0 Å². The van der Waals surface area contributed by atoms with Crippen LogP contribution in [-0.2, 0) is 22.8 Å². The fourth-order valence-electron chi connectivity index (χ4n) is 2.63. The lowest BCUT2D eigenvalue weighted by Gasteiger charge is -2.18. The third-order valence-corrected chi connectivity index (χ3v) is 6.42. The SMILES string of the molecule is C1CC2CCC1C2.C=CC(=O)OCC.CO[Si](C)(OC)OC. The molecular formula is C16H32O5Si. The van der Waals surface area contributed by atoms with Gasteiger partial charge in [-0.1, -0.05) is 32.3 Å². The van der Waals surface area contributed by atoms with Gasteiger partial charge in [-0.25, -0.2) is 4.79 Å². The van der Waals surface area contributed by atoms with Gasteiger partial charge in [-0.05, 0) is 25.2 Å². The molecular weight excluding hydrogens is 300 g/mol. The van der Waals surface area contributed by atoms with Gasteiger partial charge in [-0.15, -0.1) is 0 Å². The summed E-state index contributed by atoms with van der Waals surface area (Å²) in [6.45, 7) is 7.20. The Labute approximate surface area is 136 Å². The zero-order valence-corrected chi connectivity index (χ0v) is 15.7.